The molecule has 1 saturated carbocycles. The third kappa shape index (κ3) is 5.20. The number of carbonyl (C=O) groups is 2. The van der Waals surface area contributed by atoms with Crippen LogP contribution in [0.15, 0.2) is 47.2 Å². The lowest BCUT2D eigenvalue weighted by Gasteiger charge is -2.33. The van der Waals surface area contributed by atoms with Crippen molar-refractivity contribution in [2.75, 3.05) is 14.1 Å². The first-order valence-electron chi connectivity index (χ1n) is 13.2. The zero-order chi connectivity index (χ0) is 28.6. The number of benzene rings is 2. The Morgan fingerprint density at radius 1 is 1.18 bits per heavy atom. The summed E-state index contributed by atoms with van der Waals surface area (Å²) < 4.78 is 49.9. The summed E-state index contributed by atoms with van der Waals surface area (Å²) in [6.07, 6.45) is 1.73. The van der Waals surface area contributed by atoms with Crippen LogP contribution < -0.4 is 5.32 Å². The van der Waals surface area contributed by atoms with E-state index < -0.39 is 36.0 Å². The van der Waals surface area contributed by atoms with E-state index in [4.69, 9.17) is 4.52 Å². The molecular weight excluding hydrogens is 523 g/mol. The molecule has 4 aromatic rings. The lowest BCUT2D eigenvalue weighted by atomic mass is 9.81. The van der Waals surface area contributed by atoms with Crippen molar-refractivity contribution in [2.24, 2.45) is 5.92 Å². The van der Waals surface area contributed by atoms with E-state index in [-0.39, 0.29) is 41.2 Å². The molecule has 2 aromatic heterocycles. The van der Waals surface area contributed by atoms with Gasteiger partial charge in [-0.05, 0) is 48.9 Å². The molecule has 2 amide bonds. The average Bonchev–Trinajstić information content (AvgIpc) is 3.58. The van der Waals surface area contributed by atoms with Gasteiger partial charge in [0.2, 0.25) is 5.92 Å². The van der Waals surface area contributed by atoms with Gasteiger partial charge in [0.15, 0.2) is 5.82 Å². The molecule has 1 fully saturated rings. The highest BCUT2D eigenvalue weighted by Crippen LogP contribution is 2.42. The van der Waals surface area contributed by atoms with Gasteiger partial charge in [0.25, 0.3) is 11.8 Å². The number of aromatic nitrogens is 3. The van der Waals surface area contributed by atoms with Crippen LogP contribution in [-0.2, 0) is 6.42 Å². The monoisotopic (exact) mass is 553 g/mol. The highest BCUT2D eigenvalue weighted by molar-refractivity contribution is 6.01. The summed E-state index contributed by atoms with van der Waals surface area (Å²) in [7, 11) is 3.23. The SMILES string of the molecule is CCc1nocc1C(=O)NC(c1nc2c(F)c(-c3ccccc3C(=O)N(C)C)ccc2[nH]1)C1CCCC(F)(F)C1. The van der Waals surface area contributed by atoms with E-state index in [2.05, 4.69) is 20.4 Å². The van der Waals surface area contributed by atoms with Gasteiger partial charge in [0, 0.05) is 38.1 Å². The van der Waals surface area contributed by atoms with Crippen molar-refractivity contribution in [3.05, 3.63) is 71.1 Å². The molecule has 0 aliphatic heterocycles. The second-order valence-corrected chi connectivity index (χ2v) is 10.4. The molecule has 40 heavy (non-hydrogen) atoms. The van der Waals surface area contributed by atoms with E-state index in [1.54, 1.807) is 50.5 Å². The fourth-order valence-electron chi connectivity index (χ4n) is 5.38. The standard InChI is InChI=1S/C29H30F3N5O3/c1-4-21-20(15-40-36-21)27(38)35-24(16-8-7-13-29(31,32)14-16)26-33-22-12-11-18(23(30)25(22)34-26)17-9-5-6-10-19(17)28(39)37(2)3/h5-6,9-12,15-16,24H,4,7-8,13-14H2,1-3H3,(H,33,34)(H,35,38). The Labute approximate surface area is 228 Å². The Kier molecular flexibility index (Phi) is 7.39. The predicted molar refractivity (Wildman–Crippen MR) is 142 cm³/mol. The summed E-state index contributed by atoms with van der Waals surface area (Å²) in [5.74, 6) is -4.82. The Hall–Kier alpha value is -4.15. The van der Waals surface area contributed by atoms with Crippen LogP contribution in [0, 0.1) is 11.7 Å². The fraction of sp³-hybridized carbons (Fsp3) is 0.379. The van der Waals surface area contributed by atoms with Crippen LogP contribution >= 0.6 is 0 Å². The molecule has 5 rings (SSSR count). The van der Waals surface area contributed by atoms with Gasteiger partial charge in [-0.15, -0.1) is 0 Å². The van der Waals surface area contributed by atoms with Crippen molar-refractivity contribution < 1.29 is 27.3 Å². The highest BCUT2D eigenvalue weighted by atomic mass is 19.3. The molecular formula is C29H30F3N5O3. The molecule has 1 aliphatic rings. The van der Waals surface area contributed by atoms with Gasteiger partial charge in [-0.1, -0.05) is 30.3 Å². The lowest BCUT2D eigenvalue weighted by molar-refractivity contribution is -0.0584. The van der Waals surface area contributed by atoms with Gasteiger partial charge in [-0.3, -0.25) is 9.59 Å². The number of hydrogen-bond donors (Lipinski definition) is 2. The molecule has 210 valence electrons. The first-order valence-corrected chi connectivity index (χ1v) is 13.2. The maximum Gasteiger partial charge on any atom is 0.257 e. The maximum atomic E-state index is 16.0. The zero-order valence-corrected chi connectivity index (χ0v) is 22.4. The molecule has 11 heteroatoms. The van der Waals surface area contributed by atoms with Gasteiger partial charge in [0.05, 0.1) is 17.3 Å². The number of nitrogens with zero attached hydrogens (tertiary/aromatic N) is 3. The summed E-state index contributed by atoms with van der Waals surface area (Å²) in [6, 6.07) is 8.95. The number of imidazole rings is 1. The van der Waals surface area contributed by atoms with Crippen molar-refractivity contribution in [1.29, 1.82) is 0 Å². The largest absolute Gasteiger partial charge is 0.364 e. The van der Waals surface area contributed by atoms with E-state index in [0.29, 0.717) is 35.2 Å². The predicted octanol–water partition coefficient (Wildman–Crippen LogP) is 5.92. The van der Waals surface area contributed by atoms with Crippen molar-refractivity contribution in [3.63, 3.8) is 0 Å². The third-order valence-electron chi connectivity index (χ3n) is 7.42. The van der Waals surface area contributed by atoms with Crippen LogP contribution in [0.3, 0.4) is 0 Å². The van der Waals surface area contributed by atoms with Gasteiger partial charge in [0.1, 0.15) is 23.2 Å². The molecule has 2 atom stereocenters. The minimum atomic E-state index is -2.88. The molecule has 0 spiro atoms. The molecule has 0 bridgehead atoms. The summed E-state index contributed by atoms with van der Waals surface area (Å²) >= 11 is 0. The van der Waals surface area contributed by atoms with Gasteiger partial charge in [-0.25, -0.2) is 18.2 Å². The number of rotatable bonds is 7. The normalized spacial score (nSPS) is 17.5. The second kappa shape index (κ2) is 10.8. The Morgan fingerprint density at radius 3 is 2.67 bits per heavy atom. The van der Waals surface area contributed by atoms with Crippen molar-refractivity contribution in [1.82, 2.24) is 25.3 Å². The zero-order valence-electron chi connectivity index (χ0n) is 22.4. The average molecular weight is 554 g/mol. The number of alkyl halides is 2. The van der Waals surface area contributed by atoms with Gasteiger partial charge >= 0.3 is 0 Å². The number of halogens is 3. The van der Waals surface area contributed by atoms with E-state index in [9.17, 15) is 18.4 Å². The highest BCUT2D eigenvalue weighted by Gasteiger charge is 2.41. The fourth-order valence-corrected chi connectivity index (χ4v) is 5.38. The summed E-state index contributed by atoms with van der Waals surface area (Å²) in [6.45, 7) is 1.82. The Morgan fingerprint density at radius 2 is 1.95 bits per heavy atom. The molecule has 0 saturated heterocycles. The number of aryl methyl sites for hydroxylation is 1. The summed E-state index contributed by atoms with van der Waals surface area (Å²) in [5.41, 5.74) is 1.89. The first-order chi connectivity index (χ1) is 19.1. The molecule has 8 nitrogen and oxygen atoms in total. The number of nitrogens with one attached hydrogen (secondary N) is 2. The van der Waals surface area contributed by atoms with Gasteiger partial charge in [-0.2, -0.15) is 0 Å². The quantitative estimate of drug-likeness (QED) is 0.296. The van der Waals surface area contributed by atoms with E-state index >= 15 is 4.39 Å². The first kappa shape index (κ1) is 27.4. The van der Waals surface area contributed by atoms with Gasteiger partial charge < -0.3 is 19.7 Å². The number of fused-ring (bicyclic) bond motifs is 1. The molecule has 2 N–H and O–H groups in total. The van der Waals surface area contributed by atoms with E-state index in [1.807, 2.05) is 6.92 Å². The van der Waals surface area contributed by atoms with E-state index in [1.165, 1.54) is 11.2 Å². The van der Waals surface area contributed by atoms with Crippen molar-refractivity contribution >= 4 is 22.8 Å². The van der Waals surface area contributed by atoms with Crippen LogP contribution in [0.25, 0.3) is 22.2 Å². The maximum absolute atomic E-state index is 16.0. The summed E-state index contributed by atoms with van der Waals surface area (Å²) in [5, 5.41) is 6.67. The van der Waals surface area contributed by atoms with Crippen LogP contribution in [-0.4, -0.2) is 51.9 Å². The smallest absolute Gasteiger partial charge is 0.257 e. The number of H-pyrrole nitrogens is 1. The van der Waals surface area contributed by atoms with Crippen molar-refractivity contribution in [3.8, 4) is 11.1 Å². The lowest BCUT2D eigenvalue weighted by Crippen LogP contribution is -2.39. The van der Waals surface area contributed by atoms with Crippen LogP contribution in [0.2, 0.25) is 0 Å². The number of carbonyl (C=O) groups excluding carboxylic acids is 2. The van der Waals surface area contributed by atoms with Crippen molar-refractivity contribution in [2.45, 2.75) is 51.0 Å². The number of aromatic amines is 1. The summed E-state index contributed by atoms with van der Waals surface area (Å²) in [4.78, 5) is 34.9. The van der Waals surface area contributed by atoms with Crippen LogP contribution in [0.4, 0.5) is 13.2 Å². The molecule has 1 aliphatic carbocycles. The minimum Gasteiger partial charge on any atom is -0.364 e. The molecule has 2 heterocycles. The Balaban J connectivity index is 1.57. The second-order valence-electron chi connectivity index (χ2n) is 10.4. The van der Waals surface area contributed by atoms with Crippen LogP contribution in [0.1, 0.15) is 70.9 Å². The molecule has 2 aromatic carbocycles. The topological polar surface area (TPSA) is 104 Å². The van der Waals surface area contributed by atoms with Crippen LogP contribution in [0.5, 0.6) is 0 Å². The molecule has 0 radical (unpaired) electrons. The number of amides is 2. The minimum absolute atomic E-state index is 0.0133. The van der Waals surface area contributed by atoms with E-state index in [0.717, 1.165) is 0 Å². The number of hydrogen-bond acceptors (Lipinski definition) is 5. The Bertz CT molecular complexity index is 1560. The third-order valence-corrected chi connectivity index (χ3v) is 7.42. The molecule has 2 unspecified atom stereocenters.